The zero-order valence-corrected chi connectivity index (χ0v) is 11.9. The van der Waals surface area contributed by atoms with Gasteiger partial charge in [-0.15, -0.1) is 0 Å². The van der Waals surface area contributed by atoms with Crippen molar-refractivity contribution in [1.29, 1.82) is 0 Å². The highest BCUT2D eigenvalue weighted by molar-refractivity contribution is 6.29. The van der Waals surface area contributed by atoms with E-state index in [-0.39, 0.29) is 5.91 Å². The van der Waals surface area contributed by atoms with Gasteiger partial charge < -0.3 is 11.1 Å². The van der Waals surface area contributed by atoms with Crippen LogP contribution in [0.3, 0.4) is 0 Å². The van der Waals surface area contributed by atoms with Gasteiger partial charge in [0.1, 0.15) is 5.15 Å². The molecule has 0 spiro atoms. The maximum atomic E-state index is 12.1. The molecule has 0 bridgehead atoms. The fourth-order valence-corrected chi connectivity index (χ4v) is 2.04. The summed E-state index contributed by atoms with van der Waals surface area (Å²) in [6, 6.07) is 12.4. The molecular formula is C15H16ClN3O. The van der Waals surface area contributed by atoms with Gasteiger partial charge in [-0.1, -0.05) is 41.9 Å². The maximum absolute atomic E-state index is 12.1. The van der Waals surface area contributed by atoms with E-state index >= 15 is 0 Å². The van der Waals surface area contributed by atoms with Crippen LogP contribution in [0, 0.1) is 6.92 Å². The smallest absolute Gasteiger partial charge is 0.241 e. The average molecular weight is 290 g/mol. The predicted molar refractivity (Wildman–Crippen MR) is 80.7 cm³/mol. The van der Waals surface area contributed by atoms with Crippen LogP contribution in [-0.4, -0.2) is 16.9 Å². The number of aryl methyl sites for hydroxylation is 1. The van der Waals surface area contributed by atoms with E-state index in [1.807, 2.05) is 30.3 Å². The number of nitrogens with one attached hydrogen (secondary N) is 1. The third kappa shape index (κ3) is 3.79. The minimum absolute atomic E-state index is 0.235. The molecule has 2 aromatic rings. The first kappa shape index (κ1) is 14.5. The number of aromatic nitrogens is 1. The van der Waals surface area contributed by atoms with Gasteiger partial charge in [0.25, 0.3) is 0 Å². The minimum Gasteiger partial charge on any atom is -0.323 e. The van der Waals surface area contributed by atoms with E-state index in [0.717, 1.165) is 5.56 Å². The van der Waals surface area contributed by atoms with E-state index in [4.69, 9.17) is 17.3 Å². The number of pyridine rings is 1. The molecule has 0 aliphatic carbocycles. The summed E-state index contributed by atoms with van der Waals surface area (Å²) in [6.45, 7) is 1.78. The molecule has 0 saturated heterocycles. The Hall–Kier alpha value is -1.91. The third-order valence-electron chi connectivity index (χ3n) is 2.94. The van der Waals surface area contributed by atoms with E-state index in [9.17, 15) is 4.79 Å². The fraction of sp³-hybridized carbons (Fsp3) is 0.200. The standard InChI is InChI=1S/C15H16ClN3O/c1-10-13(7-8-14(16)18-10)19-15(20)12(17)9-11-5-3-2-4-6-11/h2-8,12H,9,17H2,1H3,(H,19,20)/t12-/m1/s1. The summed E-state index contributed by atoms with van der Waals surface area (Å²) in [7, 11) is 0. The summed E-state index contributed by atoms with van der Waals surface area (Å²) in [4.78, 5) is 16.1. The van der Waals surface area contributed by atoms with E-state index in [1.54, 1.807) is 19.1 Å². The Balaban J connectivity index is 2.01. The van der Waals surface area contributed by atoms with Gasteiger partial charge in [-0.2, -0.15) is 0 Å². The summed E-state index contributed by atoms with van der Waals surface area (Å²) in [6.07, 6.45) is 0.493. The number of rotatable bonds is 4. The fourth-order valence-electron chi connectivity index (χ4n) is 1.85. The molecule has 0 aliphatic rings. The number of carbonyl (C=O) groups is 1. The first-order valence-corrected chi connectivity index (χ1v) is 6.67. The first-order chi connectivity index (χ1) is 9.56. The second kappa shape index (κ2) is 6.50. The largest absolute Gasteiger partial charge is 0.323 e. The van der Waals surface area contributed by atoms with Gasteiger partial charge in [-0.05, 0) is 31.0 Å². The molecule has 1 heterocycles. The van der Waals surface area contributed by atoms with Crippen molar-refractivity contribution in [2.24, 2.45) is 5.73 Å². The Morgan fingerprint density at radius 3 is 2.65 bits per heavy atom. The van der Waals surface area contributed by atoms with Crippen molar-refractivity contribution in [3.05, 3.63) is 58.9 Å². The molecule has 1 amide bonds. The lowest BCUT2D eigenvalue weighted by Gasteiger charge is -2.13. The van der Waals surface area contributed by atoms with Crippen LogP contribution in [0.25, 0.3) is 0 Å². The Morgan fingerprint density at radius 1 is 1.30 bits per heavy atom. The van der Waals surface area contributed by atoms with E-state index in [1.165, 1.54) is 0 Å². The van der Waals surface area contributed by atoms with Gasteiger partial charge in [0.15, 0.2) is 0 Å². The molecule has 20 heavy (non-hydrogen) atoms. The van der Waals surface area contributed by atoms with Gasteiger partial charge in [-0.3, -0.25) is 4.79 Å². The number of hydrogen-bond acceptors (Lipinski definition) is 3. The summed E-state index contributed by atoms with van der Waals surface area (Å²) < 4.78 is 0. The second-order valence-corrected chi connectivity index (χ2v) is 4.94. The van der Waals surface area contributed by atoms with Crippen LogP contribution < -0.4 is 11.1 Å². The van der Waals surface area contributed by atoms with E-state index in [2.05, 4.69) is 10.3 Å². The molecule has 3 N–H and O–H groups in total. The number of carbonyl (C=O) groups excluding carboxylic acids is 1. The highest BCUT2D eigenvalue weighted by atomic mass is 35.5. The first-order valence-electron chi connectivity index (χ1n) is 6.30. The summed E-state index contributed by atoms with van der Waals surface area (Å²) >= 11 is 5.77. The van der Waals surface area contributed by atoms with E-state index < -0.39 is 6.04 Å². The number of halogens is 1. The Labute approximate surface area is 123 Å². The average Bonchev–Trinajstić information content (AvgIpc) is 2.43. The third-order valence-corrected chi connectivity index (χ3v) is 3.16. The van der Waals surface area contributed by atoms with Crippen molar-refractivity contribution in [3.8, 4) is 0 Å². The van der Waals surface area contributed by atoms with Crippen LogP contribution in [0.2, 0.25) is 5.15 Å². The second-order valence-electron chi connectivity index (χ2n) is 4.55. The molecule has 4 nitrogen and oxygen atoms in total. The molecule has 1 aromatic heterocycles. The molecule has 0 radical (unpaired) electrons. The topological polar surface area (TPSA) is 68.0 Å². The van der Waals surface area contributed by atoms with Crippen molar-refractivity contribution >= 4 is 23.2 Å². The summed E-state index contributed by atoms with van der Waals surface area (Å²) in [5, 5.41) is 3.17. The van der Waals surface area contributed by atoms with Crippen LogP contribution in [0.4, 0.5) is 5.69 Å². The van der Waals surface area contributed by atoms with Crippen LogP contribution in [0.1, 0.15) is 11.3 Å². The van der Waals surface area contributed by atoms with Crippen LogP contribution in [-0.2, 0) is 11.2 Å². The molecule has 1 aromatic carbocycles. The molecule has 0 unspecified atom stereocenters. The Bertz CT molecular complexity index is 601. The lowest BCUT2D eigenvalue weighted by Crippen LogP contribution is -2.37. The number of nitrogens with zero attached hydrogens (tertiary/aromatic N) is 1. The highest BCUT2D eigenvalue weighted by Crippen LogP contribution is 2.16. The summed E-state index contributed by atoms with van der Waals surface area (Å²) in [5.41, 5.74) is 8.24. The molecule has 2 rings (SSSR count). The molecule has 0 saturated carbocycles. The van der Waals surface area contributed by atoms with Crippen molar-refractivity contribution in [1.82, 2.24) is 4.98 Å². The molecule has 0 fully saturated rings. The Morgan fingerprint density at radius 2 is 2.00 bits per heavy atom. The van der Waals surface area contributed by atoms with Crippen molar-refractivity contribution in [2.45, 2.75) is 19.4 Å². The van der Waals surface area contributed by atoms with Gasteiger partial charge >= 0.3 is 0 Å². The summed E-state index contributed by atoms with van der Waals surface area (Å²) in [5.74, 6) is -0.235. The highest BCUT2D eigenvalue weighted by Gasteiger charge is 2.15. The van der Waals surface area contributed by atoms with Crippen LogP contribution in [0.15, 0.2) is 42.5 Å². The Kier molecular flexibility index (Phi) is 4.71. The number of amides is 1. The predicted octanol–water partition coefficient (Wildman–Crippen LogP) is 2.55. The van der Waals surface area contributed by atoms with Gasteiger partial charge in [0.2, 0.25) is 5.91 Å². The SMILES string of the molecule is Cc1nc(Cl)ccc1NC(=O)[C@H](N)Cc1ccccc1. The lowest BCUT2D eigenvalue weighted by atomic mass is 10.1. The van der Waals surface area contributed by atoms with Crippen molar-refractivity contribution in [2.75, 3.05) is 5.32 Å². The number of nitrogens with two attached hydrogens (primary N) is 1. The normalized spacial score (nSPS) is 11.9. The molecule has 104 valence electrons. The van der Waals surface area contributed by atoms with Gasteiger partial charge in [-0.25, -0.2) is 4.98 Å². The molecule has 1 atom stereocenters. The van der Waals surface area contributed by atoms with Crippen molar-refractivity contribution < 1.29 is 4.79 Å². The molecular weight excluding hydrogens is 274 g/mol. The number of hydrogen-bond donors (Lipinski definition) is 2. The molecule has 5 heteroatoms. The monoisotopic (exact) mass is 289 g/mol. The zero-order chi connectivity index (χ0) is 14.5. The lowest BCUT2D eigenvalue weighted by molar-refractivity contribution is -0.117. The van der Waals surface area contributed by atoms with E-state index in [0.29, 0.717) is 23.0 Å². The van der Waals surface area contributed by atoms with Crippen LogP contribution >= 0.6 is 11.6 Å². The minimum atomic E-state index is -0.604. The molecule has 0 aliphatic heterocycles. The number of anilines is 1. The van der Waals surface area contributed by atoms with Gasteiger partial charge in [0, 0.05) is 0 Å². The van der Waals surface area contributed by atoms with Gasteiger partial charge in [0.05, 0.1) is 17.4 Å². The van der Waals surface area contributed by atoms with Crippen LogP contribution in [0.5, 0.6) is 0 Å². The quantitative estimate of drug-likeness (QED) is 0.850. The van der Waals surface area contributed by atoms with Crippen molar-refractivity contribution in [3.63, 3.8) is 0 Å². The number of benzene rings is 1. The zero-order valence-electron chi connectivity index (χ0n) is 11.1. The maximum Gasteiger partial charge on any atom is 0.241 e.